The summed E-state index contributed by atoms with van der Waals surface area (Å²) in [6.45, 7) is 1.36. The number of benzene rings is 1. The van der Waals surface area contributed by atoms with E-state index in [9.17, 15) is 4.79 Å². The number of likely N-dealkylation sites (tertiary alicyclic amines) is 1. The third-order valence-electron chi connectivity index (χ3n) is 4.03. The molecule has 5 nitrogen and oxygen atoms in total. The van der Waals surface area contributed by atoms with Crippen LogP contribution in [-0.4, -0.2) is 34.0 Å². The van der Waals surface area contributed by atoms with Crippen LogP contribution < -0.4 is 0 Å². The molecule has 4 rings (SSSR count). The monoisotopic (exact) mass is 325 g/mol. The Hall–Kier alpha value is -2.47. The first-order valence-corrected chi connectivity index (χ1v) is 8.41. The number of hydrogen-bond donors (Lipinski definition) is 0. The van der Waals surface area contributed by atoms with Crippen LogP contribution in [0.5, 0.6) is 0 Å². The van der Waals surface area contributed by atoms with Crippen LogP contribution in [0.4, 0.5) is 0 Å². The molecule has 6 heteroatoms. The van der Waals surface area contributed by atoms with Crippen LogP contribution in [-0.2, 0) is 0 Å². The molecule has 116 valence electrons. The molecular formula is C17H15N3O2S. The molecule has 1 fully saturated rings. The number of hydrogen-bond acceptors (Lipinski definition) is 5. The Morgan fingerprint density at radius 3 is 2.87 bits per heavy atom. The lowest BCUT2D eigenvalue weighted by molar-refractivity contribution is 0.0794. The number of carbonyl (C=O) groups is 1. The van der Waals surface area contributed by atoms with Crippen molar-refractivity contribution in [3.8, 4) is 11.4 Å². The second-order valence-electron chi connectivity index (χ2n) is 5.54. The van der Waals surface area contributed by atoms with Crippen LogP contribution in [0.15, 0.2) is 52.4 Å². The van der Waals surface area contributed by atoms with Gasteiger partial charge in [0, 0.05) is 18.7 Å². The lowest BCUT2D eigenvalue weighted by Crippen LogP contribution is -2.27. The second kappa shape index (κ2) is 5.96. The summed E-state index contributed by atoms with van der Waals surface area (Å²) in [5.41, 5.74) is 0.937. The van der Waals surface area contributed by atoms with Gasteiger partial charge in [0.05, 0.1) is 10.8 Å². The van der Waals surface area contributed by atoms with Gasteiger partial charge in [0.1, 0.15) is 0 Å². The summed E-state index contributed by atoms with van der Waals surface area (Å²) < 4.78 is 5.43. The predicted octanol–water partition coefficient (Wildman–Crippen LogP) is 3.43. The summed E-state index contributed by atoms with van der Waals surface area (Å²) in [6, 6.07) is 13.5. The maximum Gasteiger partial charge on any atom is 0.263 e. The molecule has 0 saturated carbocycles. The lowest BCUT2D eigenvalue weighted by Gasteiger charge is -2.14. The highest BCUT2D eigenvalue weighted by molar-refractivity contribution is 7.12. The van der Waals surface area contributed by atoms with Crippen molar-refractivity contribution in [2.45, 2.75) is 12.3 Å². The molecule has 0 unspecified atom stereocenters. The maximum absolute atomic E-state index is 12.4. The van der Waals surface area contributed by atoms with Gasteiger partial charge in [-0.3, -0.25) is 4.79 Å². The van der Waals surface area contributed by atoms with Gasteiger partial charge in [0.2, 0.25) is 11.7 Å². The Bertz CT molecular complexity index is 798. The van der Waals surface area contributed by atoms with E-state index in [1.165, 1.54) is 11.3 Å². The zero-order chi connectivity index (χ0) is 15.6. The smallest absolute Gasteiger partial charge is 0.263 e. The van der Waals surface area contributed by atoms with E-state index in [4.69, 9.17) is 4.52 Å². The van der Waals surface area contributed by atoms with E-state index in [2.05, 4.69) is 10.1 Å². The van der Waals surface area contributed by atoms with E-state index >= 15 is 0 Å². The fourth-order valence-corrected chi connectivity index (χ4v) is 3.50. The van der Waals surface area contributed by atoms with Crippen molar-refractivity contribution >= 4 is 17.2 Å². The Morgan fingerprint density at radius 2 is 2.09 bits per heavy atom. The van der Waals surface area contributed by atoms with Crippen LogP contribution in [0.2, 0.25) is 0 Å². The van der Waals surface area contributed by atoms with Crippen LogP contribution >= 0.6 is 11.3 Å². The van der Waals surface area contributed by atoms with Gasteiger partial charge in [-0.25, -0.2) is 0 Å². The van der Waals surface area contributed by atoms with Crippen molar-refractivity contribution < 1.29 is 9.32 Å². The largest absolute Gasteiger partial charge is 0.339 e. The van der Waals surface area contributed by atoms with Crippen molar-refractivity contribution in [2.75, 3.05) is 13.1 Å². The summed E-state index contributed by atoms with van der Waals surface area (Å²) in [7, 11) is 0. The topological polar surface area (TPSA) is 59.2 Å². The number of nitrogens with zero attached hydrogens (tertiary/aromatic N) is 3. The molecular weight excluding hydrogens is 310 g/mol. The van der Waals surface area contributed by atoms with Gasteiger partial charge in [-0.05, 0) is 17.9 Å². The molecule has 1 aromatic carbocycles. The van der Waals surface area contributed by atoms with E-state index in [1.807, 2.05) is 52.7 Å². The average Bonchev–Trinajstić information content (AvgIpc) is 3.35. The minimum Gasteiger partial charge on any atom is -0.339 e. The van der Waals surface area contributed by atoms with Crippen molar-refractivity contribution in [3.05, 3.63) is 58.6 Å². The summed E-state index contributed by atoms with van der Waals surface area (Å²) in [6.07, 6.45) is 0.855. The summed E-state index contributed by atoms with van der Waals surface area (Å²) in [5, 5.41) is 5.98. The maximum atomic E-state index is 12.4. The Kier molecular flexibility index (Phi) is 3.67. The number of amides is 1. The first-order chi connectivity index (χ1) is 11.3. The SMILES string of the molecule is O=C(c1cccs1)N1CC[C@H](c2nc(-c3ccccc3)no2)C1. The van der Waals surface area contributed by atoms with Crippen molar-refractivity contribution in [2.24, 2.45) is 0 Å². The molecule has 23 heavy (non-hydrogen) atoms. The highest BCUT2D eigenvalue weighted by atomic mass is 32.1. The third-order valence-corrected chi connectivity index (χ3v) is 4.89. The van der Waals surface area contributed by atoms with Gasteiger partial charge in [0.25, 0.3) is 5.91 Å². The number of aromatic nitrogens is 2. The average molecular weight is 325 g/mol. The first kappa shape index (κ1) is 14.1. The molecule has 2 aromatic heterocycles. The van der Waals surface area contributed by atoms with Crippen LogP contribution in [0.25, 0.3) is 11.4 Å². The van der Waals surface area contributed by atoms with Crippen molar-refractivity contribution in [1.82, 2.24) is 15.0 Å². The van der Waals surface area contributed by atoms with Crippen molar-refractivity contribution in [3.63, 3.8) is 0 Å². The quantitative estimate of drug-likeness (QED) is 0.740. The summed E-state index contributed by atoms with van der Waals surface area (Å²) in [4.78, 5) is 19.5. The van der Waals surface area contributed by atoms with Crippen LogP contribution in [0, 0.1) is 0 Å². The third kappa shape index (κ3) is 2.77. The Labute approximate surface area is 137 Å². The van der Waals surface area contributed by atoms with Crippen molar-refractivity contribution in [1.29, 1.82) is 0 Å². The summed E-state index contributed by atoms with van der Waals surface area (Å²) >= 11 is 1.47. The molecule has 0 spiro atoms. The number of thiophene rings is 1. The molecule has 0 radical (unpaired) electrons. The minimum absolute atomic E-state index is 0.0882. The fourth-order valence-electron chi connectivity index (χ4n) is 2.81. The van der Waals surface area contributed by atoms with E-state index < -0.39 is 0 Å². The molecule has 1 amide bonds. The number of carbonyl (C=O) groups excluding carboxylic acids is 1. The molecule has 1 saturated heterocycles. The van der Waals surface area contributed by atoms with Gasteiger partial charge in [-0.1, -0.05) is 41.6 Å². The molecule has 0 bridgehead atoms. The van der Waals surface area contributed by atoms with Crippen LogP contribution in [0.1, 0.15) is 27.9 Å². The molecule has 3 heterocycles. The van der Waals surface area contributed by atoms with E-state index in [0.29, 0.717) is 18.3 Å². The van der Waals surface area contributed by atoms with Gasteiger partial charge in [-0.2, -0.15) is 4.98 Å². The zero-order valence-corrected chi connectivity index (χ0v) is 13.2. The molecule has 3 aromatic rings. The van der Waals surface area contributed by atoms with Gasteiger partial charge >= 0.3 is 0 Å². The predicted molar refractivity (Wildman–Crippen MR) is 87.3 cm³/mol. The van der Waals surface area contributed by atoms with E-state index in [0.717, 1.165) is 23.4 Å². The second-order valence-corrected chi connectivity index (χ2v) is 6.48. The van der Waals surface area contributed by atoms with Crippen LogP contribution in [0.3, 0.4) is 0 Å². The Balaban J connectivity index is 1.48. The number of rotatable bonds is 3. The fraction of sp³-hybridized carbons (Fsp3) is 0.235. The highest BCUT2D eigenvalue weighted by Gasteiger charge is 2.31. The normalized spacial score (nSPS) is 17.6. The zero-order valence-electron chi connectivity index (χ0n) is 12.4. The van der Waals surface area contributed by atoms with E-state index in [-0.39, 0.29) is 11.8 Å². The first-order valence-electron chi connectivity index (χ1n) is 7.53. The summed E-state index contributed by atoms with van der Waals surface area (Å²) in [5.74, 6) is 1.42. The van der Waals surface area contributed by atoms with E-state index in [1.54, 1.807) is 0 Å². The molecule has 1 aliphatic rings. The highest BCUT2D eigenvalue weighted by Crippen LogP contribution is 2.29. The Morgan fingerprint density at radius 1 is 1.22 bits per heavy atom. The molecule has 0 N–H and O–H groups in total. The molecule has 1 atom stereocenters. The minimum atomic E-state index is 0.0882. The standard InChI is InChI=1S/C17H15N3O2S/c21-17(14-7-4-10-23-14)20-9-8-13(11-20)16-18-15(19-22-16)12-5-2-1-3-6-12/h1-7,10,13H,8-9,11H2/t13-/m0/s1. The van der Waals surface area contributed by atoms with Gasteiger partial charge < -0.3 is 9.42 Å². The van der Waals surface area contributed by atoms with Gasteiger partial charge in [-0.15, -0.1) is 11.3 Å². The van der Waals surface area contributed by atoms with Gasteiger partial charge in [0.15, 0.2) is 0 Å². The molecule has 1 aliphatic heterocycles. The molecule has 0 aliphatic carbocycles. The lowest BCUT2D eigenvalue weighted by atomic mass is 10.1.